The molecule has 150 valence electrons. The first kappa shape index (κ1) is 20.3. The molecule has 1 fully saturated rings. The number of hydrogen-bond acceptors (Lipinski definition) is 6. The maximum Gasteiger partial charge on any atom is 0.312 e. The van der Waals surface area contributed by atoms with Gasteiger partial charge < -0.3 is 14.4 Å². The number of rotatable bonds is 6. The van der Waals surface area contributed by atoms with Crippen LogP contribution in [0, 0.1) is 0 Å². The van der Waals surface area contributed by atoms with E-state index >= 15 is 0 Å². The predicted octanol–water partition coefficient (Wildman–Crippen LogP) is 3.70. The molecule has 1 aromatic carbocycles. The van der Waals surface area contributed by atoms with Crippen LogP contribution >= 0.6 is 11.3 Å². The van der Waals surface area contributed by atoms with Gasteiger partial charge in [-0.15, -0.1) is 11.3 Å². The van der Waals surface area contributed by atoms with Crippen LogP contribution in [0.3, 0.4) is 0 Å². The minimum atomic E-state index is -0.424. The lowest BCUT2D eigenvalue weighted by Gasteiger charge is -2.24. The third-order valence-corrected chi connectivity index (χ3v) is 5.72. The minimum absolute atomic E-state index is 0.0694. The van der Waals surface area contributed by atoms with Crippen molar-refractivity contribution >= 4 is 23.2 Å². The molecule has 28 heavy (non-hydrogen) atoms. The van der Waals surface area contributed by atoms with E-state index in [1.165, 1.54) is 17.8 Å². The number of hydrogen-bond donors (Lipinski definition) is 0. The number of amides is 1. The smallest absolute Gasteiger partial charge is 0.312 e. The molecule has 7 heteroatoms. The number of thiazole rings is 1. The Kier molecular flexibility index (Phi) is 7.42. The highest BCUT2D eigenvalue weighted by Gasteiger charge is 2.17. The number of nitrogens with zero attached hydrogens (tertiary/aromatic N) is 2. The fourth-order valence-electron chi connectivity index (χ4n) is 3.18. The van der Waals surface area contributed by atoms with Crippen LogP contribution in [0.2, 0.25) is 0 Å². The lowest BCUT2D eigenvalue weighted by Crippen LogP contribution is -2.37. The van der Waals surface area contributed by atoms with E-state index in [1.54, 1.807) is 7.11 Å². The second kappa shape index (κ2) is 10.2. The molecule has 1 amide bonds. The molecule has 0 spiro atoms. The average Bonchev–Trinajstić information content (AvgIpc) is 3.14. The van der Waals surface area contributed by atoms with Crippen LogP contribution in [0.25, 0.3) is 10.6 Å². The summed E-state index contributed by atoms with van der Waals surface area (Å²) in [6.07, 6.45) is 5.66. The summed E-state index contributed by atoms with van der Waals surface area (Å²) < 4.78 is 10.4. The second-order valence-corrected chi connectivity index (χ2v) is 7.72. The van der Waals surface area contributed by atoms with E-state index in [0.29, 0.717) is 5.69 Å². The molecule has 2 aromatic rings. The van der Waals surface area contributed by atoms with Crippen LogP contribution in [0.4, 0.5) is 0 Å². The van der Waals surface area contributed by atoms with Crippen molar-refractivity contribution in [2.75, 3.05) is 26.8 Å². The van der Waals surface area contributed by atoms with Gasteiger partial charge in [0.2, 0.25) is 0 Å². The molecule has 2 heterocycles. The van der Waals surface area contributed by atoms with Crippen molar-refractivity contribution in [3.05, 3.63) is 35.3 Å². The second-order valence-electron chi connectivity index (χ2n) is 6.86. The van der Waals surface area contributed by atoms with Crippen molar-refractivity contribution in [2.45, 2.75) is 38.5 Å². The third-order valence-electron chi connectivity index (χ3n) is 4.78. The van der Waals surface area contributed by atoms with Crippen LogP contribution in [0.1, 0.15) is 37.8 Å². The fourth-order valence-corrected chi connectivity index (χ4v) is 4.01. The van der Waals surface area contributed by atoms with Gasteiger partial charge in [-0.25, -0.2) is 4.98 Å². The monoisotopic (exact) mass is 402 g/mol. The number of benzene rings is 1. The van der Waals surface area contributed by atoms with Crippen molar-refractivity contribution in [2.24, 2.45) is 0 Å². The van der Waals surface area contributed by atoms with E-state index in [2.05, 4.69) is 4.98 Å². The summed E-state index contributed by atoms with van der Waals surface area (Å²) >= 11 is 1.47. The zero-order valence-corrected chi connectivity index (χ0v) is 17.0. The van der Waals surface area contributed by atoms with Crippen molar-refractivity contribution in [3.63, 3.8) is 0 Å². The normalized spacial score (nSPS) is 14.8. The number of carbonyl (C=O) groups is 2. The summed E-state index contributed by atoms with van der Waals surface area (Å²) in [7, 11) is 1.63. The Morgan fingerprint density at radius 1 is 1.07 bits per heavy atom. The Labute approximate surface area is 169 Å². The van der Waals surface area contributed by atoms with Crippen molar-refractivity contribution in [3.8, 4) is 16.3 Å². The molecule has 0 atom stereocenters. The van der Waals surface area contributed by atoms with E-state index in [4.69, 9.17) is 9.47 Å². The van der Waals surface area contributed by atoms with Crippen molar-refractivity contribution in [1.82, 2.24) is 9.88 Å². The van der Waals surface area contributed by atoms with Gasteiger partial charge in [0, 0.05) is 24.0 Å². The molecule has 0 bridgehead atoms. The molecule has 1 aliphatic rings. The van der Waals surface area contributed by atoms with Crippen molar-refractivity contribution in [1.29, 1.82) is 0 Å². The van der Waals surface area contributed by atoms with Crippen LogP contribution in [0.15, 0.2) is 29.6 Å². The van der Waals surface area contributed by atoms with Gasteiger partial charge in [-0.2, -0.15) is 0 Å². The van der Waals surface area contributed by atoms with E-state index in [9.17, 15) is 9.59 Å². The van der Waals surface area contributed by atoms with Crippen molar-refractivity contribution < 1.29 is 19.1 Å². The number of esters is 1. The molecular formula is C21H26N2O4S. The Morgan fingerprint density at radius 3 is 2.43 bits per heavy atom. The molecule has 1 aliphatic heterocycles. The molecule has 3 rings (SSSR count). The molecule has 1 saturated heterocycles. The lowest BCUT2D eigenvalue weighted by molar-refractivity contribution is -0.151. The zero-order valence-electron chi connectivity index (χ0n) is 16.2. The van der Waals surface area contributed by atoms with Gasteiger partial charge in [0.25, 0.3) is 5.91 Å². The van der Waals surface area contributed by atoms with Crippen LogP contribution in [-0.2, 0) is 20.7 Å². The maximum atomic E-state index is 12.3. The van der Waals surface area contributed by atoms with Gasteiger partial charge in [-0.3, -0.25) is 9.59 Å². The highest BCUT2D eigenvalue weighted by molar-refractivity contribution is 7.13. The van der Waals surface area contributed by atoms with Gasteiger partial charge in [0.1, 0.15) is 10.8 Å². The molecule has 1 aromatic heterocycles. The molecule has 0 unspecified atom stereocenters. The van der Waals surface area contributed by atoms with Gasteiger partial charge >= 0.3 is 5.97 Å². The molecule has 0 saturated carbocycles. The predicted molar refractivity (Wildman–Crippen MR) is 108 cm³/mol. The summed E-state index contributed by atoms with van der Waals surface area (Å²) in [5, 5.41) is 2.68. The zero-order chi connectivity index (χ0) is 19.8. The topological polar surface area (TPSA) is 68.7 Å². The number of carbonyl (C=O) groups excluding carboxylic acids is 2. The van der Waals surface area contributed by atoms with Gasteiger partial charge in [-0.1, -0.05) is 19.3 Å². The molecule has 0 aliphatic carbocycles. The summed E-state index contributed by atoms with van der Waals surface area (Å²) in [5.74, 6) is 0.258. The van der Waals surface area contributed by atoms with E-state index in [0.717, 1.165) is 55.1 Å². The average molecular weight is 403 g/mol. The SMILES string of the molecule is COc1ccc(-c2nc(CC(=O)OCC(=O)N3CCCCCCC3)cs2)cc1. The summed E-state index contributed by atoms with van der Waals surface area (Å²) in [6, 6.07) is 7.62. The third kappa shape index (κ3) is 5.79. The molecular weight excluding hydrogens is 376 g/mol. The van der Waals surface area contributed by atoms with Crippen LogP contribution in [0.5, 0.6) is 5.75 Å². The standard InChI is InChI=1S/C21H26N2O4S/c1-26-18-9-7-16(8-10-18)21-22-17(15-28-21)13-20(25)27-14-19(24)23-11-5-3-2-4-6-12-23/h7-10,15H,2-6,11-14H2,1H3. The minimum Gasteiger partial charge on any atom is -0.497 e. The maximum absolute atomic E-state index is 12.3. The number of methoxy groups -OCH3 is 1. The Hall–Kier alpha value is -2.41. The fraction of sp³-hybridized carbons (Fsp3) is 0.476. The first-order chi connectivity index (χ1) is 13.7. The number of ether oxygens (including phenoxy) is 2. The largest absolute Gasteiger partial charge is 0.497 e. The highest BCUT2D eigenvalue weighted by Crippen LogP contribution is 2.26. The summed E-state index contributed by atoms with van der Waals surface area (Å²) in [4.78, 5) is 30.7. The van der Waals surface area contributed by atoms with E-state index in [-0.39, 0.29) is 18.9 Å². The van der Waals surface area contributed by atoms with Gasteiger partial charge in [0.15, 0.2) is 6.61 Å². The van der Waals surface area contributed by atoms with E-state index in [1.807, 2.05) is 34.5 Å². The number of aromatic nitrogens is 1. The Morgan fingerprint density at radius 2 is 1.75 bits per heavy atom. The van der Waals surface area contributed by atoms with Crippen LogP contribution in [-0.4, -0.2) is 48.6 Å². The van der Waals surface area contributed by atoms with Gasteiger partial charge in [-0.05, 0) is 37.1 Å². The number of likely N-dealkylation sites (tertiary alicyclic amines) is 1. The lowest BCUT2D eigenvalue weighted by atomic mass is 10.1. The van der Waals surface area contributed by atoms with E-state index < -0.39 is 5.97 Å². The quantitative estimate of drug-likeness (QED) is 0.689. The Bertz CT molecular complexity index is 780. The molecule has 0 radical (unpaired) electrons. The summed E-state index contributed by atoms with van der Waals surface area (Å²) in [5.41, 5.74) is 1.62. The first-order valence-electron chi connectivity index (χ1n) is 9.68. The molecule has 6 nitrogen and oxygen atoms in total. The van der Waals surface area contributed by atoms with Gasteiger partial charge in [0.05, 0.1) is 19.2 Å². The highest BCUT2D eigenvalue weighted by atomic mass is 32.1. The Balaban J connectivity index is 1.48. The van der Waals surface area contributed by atoms with Crippen LogP contribution < -0.4 is 4.74 Å². The molecule has 0 N–H and O–H groups in total. The first-order valence-corrected chi connectivity index (χ1v) is 10.6. The summed E-state index contributed by atoms with van der Waals surface area (Å²) in [6.45, 7) is 1.33.